The highest BCUT2D eigenvalue weighted by Crippen LogP contribution is 2.52. The van der Waals surface area contributed by atoms with Gasteiger partial charge < -0.3 is 54.7 Å². The number of fused-ring (bicyclic) bond motifs is 2. The van der Waals surface area contributed by atoms with Crippen molar-refractivity contribution < 1.29 is 54.7 Å². The summed E-state index contributed by atoms with van der Waals surface area (Å²) in [6.07, 6.45) is -11.8. The van der Waals surface area contributed by atoms with Gasteiger partial charge in [-0.3, -0.25) is 0 Å². The maximum atomic E-state index is 10.9. The molecule has 0 spiro atoms. The van der Waals surface area contributed by atoms with Crippen LogP contribution in [0.1, 0.15) is 6.42 Å². The second-order valence-electron chi connectivity index (χ2n) is 7.43. The Morgan fingerprint density at radius 3 is 2.35 bits per heavy atom. The normalized spacial score (nSPS) is 59.4. The van der Waals surface area contributed by atoms with Crippen LogP contribution in [0.25, 0.3) is 0 Å². The molecule has 0 radical (unpaired) electrons. The van der Waals surface area contributed by atoms with E-state index in [-0.39, 0.29) is 13.0 Å². The highest BCUT2D eigenvalue weighted by atomic mass is 16.8. The van der Waals surface area contributed by atoms with Gasteiger partial charge in [0, 0.05) is 18.3 Å². The maximum Gasteiger partial charge on any atom is 0.189 e. The molecule has 5 fully saturated rings. The minimum atomic E-state index is -1.81. The first-order chi connectivity index (χ1) is 12.3. The molecule has 11 nitrogen and oxygen atoms in total. The van der Waals surface area contributed by atoms with E-state index in [0.29, 0.717) is 0 Å². The van der Waals surface area contributed by atoms with Crippen molar-refractivity contribution in [2.45, 2.75) is 67.5 Å². The molecule has 5 rings (SSSR count). The van der Waals surface area contributed by atoms with E-state index < -0.39 is 79.5 Å². The van der Waals surface area contributed by atoms with Crippen molar-refractivity contribution in [1.82, 2.24) is 0 Å². The van der Waals surface area contributed by atoms with Crippen LogP contribution in [0.4, 0.5) is 0 Å². The summed E-state index contributed by atoms with van der Waals surface area (Å²) >= 11 is 0. The Labute approximate surface area is 148 Å². The van der Waals surface area contributed by atoms with E-state index in [9.17, 15) is 35.7 Å². The molecule has 11 heteroatoms. The van der Waals surface area contributed by atoms with Crippen LogP contribution in [0.5, 0.6) is 0 Å². The van der Waals surface area contributed by atoms with Crippen molar-refractivity contribution in [3.05, 3.63) is 0 Å². The second kappa shape index (κ2) is 6.57. The lowest BCUT2D eigenvalue weighted by Crippen LogP contribution is -2.61. The number of rotatable bonds is 3. The van der Waals surface area contributed by atoms with E-state index in [1.807, 2.05) is 0 Å². The van der Waals surface area contributed by atoms with Crippen LogP contribution < -0.4 is 0 Å². The summed E-state index contributed by atoms with van der Waals surface area (Å²) in [6.45, 7) is -0.874. The second-order valence-corrected chi connectivity index (χ2v) is 7.43. The van der Waals surface area contributed by atoms with Gasteiger partial charge in [-0.05, 0) is 0 Å². The smallest absolute Gasteiger partial charge is 0.189 e. The molecule has 12 atom stereocenters. The van der Waals surface area contributed by atoms with Gasteiger partial charge in [-0.1, -0.05) is 0 Å². The Bertz CT molecular complexity index is 532. The number of hydrogen-bond acceptors (Lipinski definition) is 11. The number of ether oxygens (including phenoxy) is 4. The summed E-state index contributed by atoms with van der Waals surface area (Å²) in [5, 5.41) is 70.4. The van der Waals surface area contributed by atoms with Gasteiger partial charge in [0.05, 0.1) is 19.3 Å². The van der Waals surface area contributed by atoms with Gasteiger partial charge in [-0.15, -0.1) is 0 Å². The SMILES string of the molecule is OCC1OC(OC2OC3CC4C(O)C(O)C(O)(CO3)C24)C(O)C(O)C1O. The monoisotopic (exact) mass is 380 g/mol. The zero-order chi connectivity index (χ0) is 18.8. The molecule has 1 saturated carbocycles. The first kappa shape index (κ1) is 18.9. The molecule has 150 valence electrons. The number of aliphatic hydroxyl groups is 7. The first-order valence-electron chi connectivity index (χ1n) is 8.59. The molecule has 0 aromatic rings. The highest BCUT2D eigenvalue weighted by molar-refractivity contribution is 5.12. The Morgan fingerprint density at radius 2 is 1.65 bits per heavy atom. The Balaban J connectivity index is 1.57. The maximum absolute atomic E-state index is 10.9. The molecule has 12 unspecified atom stereocenters. The van der Waals surface area contributed by atoms with Crippen LogP contribution in [0.2, 0.25) is 0 Å². The molecule has 4 heterocycles. The third-order valence-corrected chi connectivity index (χ3v) is 5.97. The predicted octanol–water partition coefficient (Wildman–Crippen LogP) is -4.40. The first-order valence-corrected chi connectivity index (χ1v) is 8.59. The summed E-state index contributed by atoms with van der Waals surface area (Å²) in [5.74, 6) is -1.43. The van der Waals surface area contributed by atoms with Crippen LogP contribution in [0.3, 0.4) is 0 Å². The summed E-state index contributed by atoms with van der Waals surface area (Å²) in [4.78, 5) is 0. The van der Waals surface area contributed by atoms with E-state index in [1.165, 1.54) is 0 Å². The van der Waals surface area contributed by atoms with Crippen molar-refractivity contribution in [1.29, 1.82) is 0 Å². The van der Waals surface area contributed by atoms with E-state index in [1.54, 1.807) is 0 Å². The Kier molecular flexibility index (Phi) is 4.77. The van der Waals surface area contributed by atoms with Gasteiger partial charge in [0.1, 0.15) is 36.1 Å². The largest absolute Gasteiger partial charge is 0.394 e. The fourth-order valence-corrected chi connectivity index (χ4v) is 4.49. The predicted molar refractivity (Wildman–Crippen MR) is 78.0 cm³/mol. The average molecular weight is 380 g/mol. The molecule has 0 aromatic heterocycles. The summed E-state index contributed by atoms with van der Waals surface area (Å²) in [7, 11) is 0. The van der Waals surface area contributed by atoms with Crippen LogP contribution in [0, 0.1) is 11.8 Å². The third-order valence-electron chi connectivity index (χ3n) is 5.97. The molecule has 5 aliphatic rings. The van der Waals surface area contributed by atoms with E-state index >= 15 is 0 Å². The van der Waals surface area contributed by atoms with E-state index in [2.05, 4.69) is 0 Å². The van der Waals surface area contributed by atoms with Gasteiger partial charge in [-0.25, -0.2) is 0 Å². The van der Waals surface area contributed by atoms with Crippen LogP contribution in [-0.2, 0) is 18.9 Å². The molecule has 0 amide bonds. The summed E-state index contributed by atoms with van der Waals surface area (Å²) in [6, 6.07) is 0. The summed E-state index contributed by atoms with van der Waals surface area (Å²) < 4.78 is 21.9. The fourth-order valence-electron chi connectivity index (χ4n) is 4.49. The standard InChI is InChI=1S/C15H24O11/c16-2-5-9(18)10(19)11(20)14(24-5)26-13-7-4-1-6(25-13)23-3-15(7,22)12(21)8(4)17/h4-14,16-22H,1-3H2. The van der Waals surface area contributed by atoms with E-state index in [4.69, 9.17) is 18.9 Å². The van der Waals surface area contributed by atoms with E-state index in [0.717, 1.165) is 0 Å². The average Bonchev–Trinajstić information content (AvgIpc) is 2.77. The van der Waals surface area contributed by atoms with Gasteiger partial charge in [-0.2, -0.15) is 0 Å². The van der Waals surface area contributed by atoms with Crippen molar-refractivity contribution in [2.75, 3.05) is 13.2 Å². The summed E-state index contributed by atoms with van der Waals surface area (Å²) in [5.41, 5.74) is -1.81. The van der Waals surface area contributed by atoms with Gasteiger partial charge >= 0.3 is 0 Å². The lowest BCUT2D eigenvalue weighted by Gasteiger charge is -2.44. The van der Waals surface area contributed by atoms with Crippen LogP contribution in [-0.4, -0.2) is 110 Å². The van der Waals surface area contributed by atoms with Crippen molar-refractivity contribution >= 4 is 0 Å². The topological polar surface area (TPSA) is 179 Å². The fraction of sp³-hybridized carbons (Fsp3) is 1.00. The molecule has 1 aliphatic carbocycles. The molecule has 26 heavy (non-hydrogen) atoms. The molecular weight excluding hydrogens is 356 g/mol. The minimum absolute atomic E-state index is 0.250. The molecule has 0 aromatic carbocycles. The number of aliphatic hydroxyl groups excluding tert-OH is 6. The Hall–Kier alpha value is -0.440. The van der Waals surface area contributed by atoms with Gasteiger partial charge in [0.15, 0.2) is 18.9 Å². The van der Waals surface area contributed by atoms with Crippen molar-refractivity contribution in [2.24, 2.45) is 11.8 Å². The molecule has 4 aliphatic heterocycles. The zero-order valence-corrected chi connectivity index (χ0v) is 13.7. The van der Waals surface area contributed by atoms with Crippen molar-refractivity contribution in [3.8, 4) is 0 Å². The molecule has 4 saturated heterocycles. The quantitative estimate of drug-likeness (QED) is 0.251. The van der Waals surface area contributed by atoms with Crippen molar-refractivity contribution in [3.63, 3.8) is 0 Å². The Morgan fingerprint density at radius 1 is 0.923 bits per heavy atom. The molecule has 7 N–H and O–H groups in total. The molecular formula is C15H24O11. The number of hydrogen-bond donors (Lipinski definition) is 7. The molecule has 4 bridgehead atoms. The lowest BCUT2D eigenvalue weighted by molar-refractivity contribution is -0.371. The van der Waals surface area contributed by atoms with Gasteiger partial charge in [0.2, 0.25) is 0 Å². The lowest BCUT2D eigenvalue weighted by atomic mass is 9.82. The zero-order valence-electron chi connectivity index (χ0n) is 13.7. The minimum Gasteiger partial charge on any atom is -0.394 e. The van der Waals surface area contributed by atoms with Gasteiger partial charge in [0.25, 0.3) is 0 Å². The van der Waals surface area contributed by atoms with Crippen LogP contribution >= 0.6 is 0 Å². The highest BCUT2D eigenvalue weighted by Gasteiger charge is 2.67. The van der Waals surface area contributed by atoms with Crippen LogP contribution in [0.15, 0.2) is 0 Å². The third kappa shape index (κ3) is 2.63.